The van der Waals surface area contributed by atoms with E-state index in [4.69, 9.17) is 0 Å². The summed E-state index contributed by atoms with van der Waals surface area (Å²) in [6.07, 6.45) is -3.48. The normalized spacial score (nSPS) is 11.8. The van der Waals surface area contributed by atoms with Gasteiger partial charge in [-0.2, -0.15) is 13.2 Å². The molecular weight excluding hydrogens is 476 g/mol. The van der Waals surface area contributed by atoms with E-state index in [0.29, 0.717) is 24.1 Å². The number of alkyl halides is 3. The lowest BCUT2D eigenvalue weighted by Crippen LogP contribution is -2.36. The zero-order chi connectivity index (χ0) is 18.3. The SMILES string of the molecule is CCNC(=NCc1ccccc1CC)NCc1nc(C(F)(F)F)cs1.I. The Balaban J connectivity index is 0.00000338. The van der Waals surface area contributed by atoms with E-state index in [9.17, 15) is 13.2 Å². The molecule has 0 unspecified atom stereocenters. The summed E-state index contributed by atoms with van der Waals surface area (Å²) in [5.41, 5.74) is 1.51. The van der Waals surface area contributed by atoms with Crippen LogP contribution in [0.1, 0.15) is 35.7 Å². The molecule has 4 nitrogen and oxygen atoms in total. The van der Waals surface area contributed by atoms with Gasteiger partial charge in [-0.3, -0.25) is 0 Å². The predicted octanol–water partition coefficient (Wildman–Crippen LogP) is 4.60. The summed E-state index contributed by atoms with van der Waals surface area (Å²) >= 11 is 0.981. The zero-order valence-electron chi connectivity index (χ0n) is 14.6. The molecule has 26 heavy (non-hydrogen) atoms. The molecule has 2 rings (SSSR count). The number of halogens is 4. The van der Waals surface area contributed by atoms with Crippen LogP contribution in [0, 0.1) is 0 Å². The highest BCUT2D eigenvalue weighted by Crippen LogP contribution is 2.29. The summed E-state index contributed by atoms with van der Waals surface area (Å²) in [7, 11) is 0. The van der Waals surface area contributed by atoms with Crippen LogP contribution < -0.4 is 10.6 Å². The summed E-state index contributed by atoms with van der Waals surface area (Å²) in [6, 6.07) is 8.07. The van der Waals surface area contributed by atoms with Gasteiger partial charge in [0.1, 0.15) is 5.01 Å². The predicted molar refractivity (Wildman–Crippen MR) is 110 cm³/mol. The lowest BCUT2D eigenvalue weighted by atomic mass is 10.1. The van der Waals surface area contributed by atoms with Gasteiger partial charge in [-0.25, -0.2) is 9.98 Å². The Kier molecular flexibility index (Phi) is 9.34. The molecule has 0 saturated heterocycles. The molecule has 0 saturated carbocycles. The summed E-state index contributed by atoms with van der Waals surface area (Å²) in [4.78, 5) is 8.12. The monoisotopic (exact) mass is 498 g/mol. The number of benzene rings is 1. The number of aromatic nitrogens is 1. The molecule has 144 valence electrons. The smallest absolute Gasteiger partial charge is 0.357 e. The largest absolute Gasteiger partial charge is 0.434 e. The standard InChI is InChI=1S/C17H21F3N4S.HI/c1-3-12-7-5-6-8-13(12)9-22-16(21-4-2)23-10-15-24-14(11-25-15)17(18,19)20;/h5-8,11H,3-4,9-10H2,1-2H3,(H2,21,22,23);1H. The van der Waals surface area contributed by atoms with Crippen LogP contribution in [0.25, 0.3) is 0 Å². The molecule has 0 aliphatic carbocycles. The highest BCUT2D eigenvalue weighted by atomic mass is 127. The van der Waals surface area contributed by atoms with E-state index in [-0.39, 0.29) is 30.5 Å². The first kappa shape index (κ1) is 22.7. The van der Waals surface area contributed by atoms with Crippen LogP contribution in [0.3, 0.4) is 0 Å². The number of nitrogens with one attached hydrogen (secondary N) is 2. The maximum atomic E-state index is 12.6. The average molecular weight is 498 g/mol. The van der Waals surface area contributed by atoms with E-state index in [1.807, 2.05) is 25.1 Å². The molecule has 1 aromatic heterocycles. The minimum Gasteiger partial charge on any atom is -0.357 e. The van der Waals surface area contributed by atoms with Crippen molar-refractivity contribution < 1.29 is 13.2 Å². The number of guanidine groups is 1. The minimum atomic E-state index is -4.41. The van der Waals surface area contributed by atoms with Crippen molar-refractivity contribution in [3.63, 3.8) is 0 Å². The molecule has 2 N–H and O–H groups in total. The van der Waals surface area contributed by atoms with Crippen molar-refractivity contribution in [2.45, 2.75) is 39.5 Å². The van der Waals surface area contributed by atoms with Crippen molar-refractivity contribution in [3.8, 4) is 0 Å². The van der Waals surface area contributed by atoms with E-state index >= 15 is 0 Å². The van der Waals surface area contributed by atoms with E-state index in [2.05, 4.69) is 33.6 Å². The second kappa shape index (κ2) is 10.7. The van der Waals surface area contributed by atoms with Crippen molar-refractivity contribution in [3.05, 3.63) is 51.5 Å². The van der Waals surface area contributed by atoms with Crippen LogP contribution in [-0.2, 0) is 25.7 Å². The van der Waals surface area contributed by atoms with Gasteiger partial charge >= 0.3 is 6.18 Å². The first-order chi connectivity index (χ1) is 11.9. The summed E-state index contributed by atoms with van der Waals surface area (Å²) < 4.78 is 37.8. The molecule has 0 aliphatic rings. The molecule has 2 aromatic rings. The fraction of sp³-hybridized carbons (Fsp3) is 0.412. The Morgan fingerprint density at radius 2 is 1.85 bits per heavy atom. The Morgan fingerprint density at radius 1 is 1.15 bits per heavy atom. The second-order valence-corrected chi connectivity index (χ2v) is 6.24. The molecule has 0 atom stereocenters. The van der Waals surface area contributed by atoms with Crippen LogP contribution in [0.2, 0.25) is 0 Å². The van der Waals surface area contributed by atoms with E-state index < -0.39 is 11.9 Å². The molecule has 0 amide bonds. The third-order valence-corrected chi connectivity index (χ3v) is 4.35. The molecule has 0 radical (unpaired) electrons. The van der Waals surface area contributed by atoms with Crippen molar-refractivity contribution in [1.29, 1.82) is 0 Å². The van der Waals surface area contributed by atoms with Gasteiger partial charge in [-0.15, -0.1) is 35.3 Å². The van der Waals surface area contributed by atoms with Gasteiger partial charge in [0.25, 0.3) is 0 Å². The molecular formula is C17H22F3IN4S. The van der Waals surface area contributed by atoms with Gasteiger partial charge in [0.05, 0.1) is 13.1 Å². The third-order valence-electron chi connectivity index (χ3n) is 3.50. The van der Waals surface area contributed by atoms with Crippen molar-refractivity contribution in [2.75, 3.05) is 6.54 Å². The van der Waals surface area contributed by atoms with Gasteiger partial charge in [0.15, 0.2) is 11.7 Å². The molecule has 0 fully saturated rings. The van der Waals surface area contributed by atoms with Crippen molar-refractivity contribution >= 4 is 41.3 Å². The second-order valence-electron chi connectivity index (χ2n) is 5.30. The molecule has 0 aliphatic heterocycles. The number of aliphatic imine (C=N–C) groups is 1. The number of rotatable bonds is 6. The van der Waals surface area contributed by atoms with E-state index in [1.54, 1.807) is 0 Å². The highest BCUT2D eigenvalue weighted by Gasteiger charge is 2.33. The maximum absolute atomic E-state index is 12.6. The average Bonchev–Trinajstić information content (AvgIpc) is 3.07. The molecule has 0 bridgehead atoms. The van der Waals surface area contributed by atoms with Crippen LogP contribution in [0.15, 0.2) is 34.6 Å². The molecule has 0 spiro atoms. The van der Waals surface area contributed by atoms with Crippen LogP contribution >= 0.6 is 35.3 Å². The third kappa shape index (κ3) is 6.75. The quantitative estimate of drug-likeness (QED) is 0.348. The topological polar surface area (TPSA) is 49.3 Å². The van der Waals surface area contributed by atoms with E-state index in [0.717, 1.165) is 28.7 Å². The Bertz CT molecular complexity index is 716. The van der Waals surface area contributed by atoms with Gasteiger partial charge in [0, 0.05) is 11.9 Å². The number of aryl methyl sites for hydroxylation is 1. The summed E-state index contributed by atoms with van der Waals surface area (Å²) in [6.45, 7) is 5.38. The Labute approximate surface area is 172 Å². The zero-order valence-corrected chi connectivity index (χ0v) is 17.7. The van der Waals surface area contributed by atoms with Crippen LogP contribution in [0.5, 0.6) is 0 Å². The lowest BCUT2D eigenvalue weighted by molar-refractivity contribution is -0.140. The maximum Gasteiger partial charge on any atom is 0.434 e. The Morgan fingerprint density at radius 3 is 2.42 bits per heavy atom. The lowest BCUT2D eigenvalue weighted by Gasteiger charge is -2.11. The van der Waals surface area contributed by atoms with Crippen molar-refractivity contribution in [2.24, 2.45) is 4.99 Å². The van der Waals surface area contributed by atoms with Crippen LogP contribution in [-0.4, -0.2) is 17.5 Å². The fourth-order valence-corrected chi connectivity index (χ4v) is 2.98. The molecule has 1 heterocycles. The van der Waals surface area contributed by atoms with Crippen molar-refractivity contribution in [1.82, 2.24) is 15.6 Å². The first-order valence-corrected chi connectivity index (χ1v) is 8.92. The Hall–Kier alpha value is -1.36. The van der Waals surface area contributed by atoms with E-state index in [1.165, 1.54) is 5.56 Å². The van der Waals surface area contributed by atoms with Gasteiger partial charge in [0.2, 0.25) is 0 Å². The van der Waals surface area contributed by atoms with Crippen LogP contribution in [0.4, 0.5) is 13.2 Å². The number of hydrogen-bond donors (Lipinski definition) is 2. The van der Waals surface area contributed by atoms with Gasteiger partial charge < -0.3 is 10.6 Å². The number of hydrogen-bond acceptors (Lipinski definition) is 3. The number of thiazole rings is 1. The minimum absolute atomic E-state index is 0. The first-order valence-electron chi connectivity index (χ1n) is 8.04. The summed E-state index contributed by atoms with van der Waals surface area (Å²) in [5.74, 6) is 0.553. The van der Waals surface area contributed by atoms with Gasteiger partial charge in [-0.05, 0) is 24.5 Å². The van der Waals surface area contributed by atoms with Gasteiger partial charge in [-0.1, -0.05) is 31.2 Å². The molecule has 1 aromatic carbocycles. The highest BCUT2D eigenvalue weighted by molar-refractivity contribution is 14.0. The molecule has 9 heteroatoms. The summed E-state index contributed by atoms with van der Waals surface area (Å²) in [5, 5.41) is 7.51. The fourth-order valence-electron chi connectivity index (χ4n) is 2.24. The number of nitrogens with zero attached hydrogens (tertiary/aromatic N) is 2.